The van der Waals surface area contributed by atoms with Crippen molar-refractivity contribution < 1.29 is 22.4 Å². The highest BCUT2D eigenvalue weighted by Crippen LogP contribution is 2.33. The van der Waals surface area contributed by atoms with E-state index in [9.17, 15) is 22.4 Å². The molecule has 0 radical (unpaired) electrons. The summed E-state index contributed by atoms with van der Waals surface area (Å²) in [5, 5.41) is 0. The lowest BCUT2D eigenvalue weighted by atomic mass is 9.97. The first kappa shape index (κ1) is 20.2. The largest absolute Gasteiger partial charge is 0.416 e. The molecule has 1 saturated heterocycles. The van der Waals surface area contributed by atoms with Gasteiger partial charge in [0.2, 0.25) is 0 Å². The highest BCUT2D eigenvalue weighted by molar-refractivity contribution is 6.01. The summed E-state index contributed by atoms with van der Waals surface area (Å²) in [6, 6.07) is 8.01. The second-order valence-corrected chi connectivity index (χ2v) is 6.07. The summed E-state index contributed by atoms with van der Waals surface area (Å²) in [4.78, 5) is 14.2. The number of halogens is 5. The summed E-state index contributed by atoms with van der Waals surface area (Å²) in [5.41, 5.74) is 5.48. The monoisotopic (exact) mass is 388 g/mol. The predicted octanol–water partition coefficient (Wildman–Crippen LogP) is 4.11. The van der Waals surface area contributed by atoms with E-state index in [4.69, 9.17) is 5.73 Å². The number of benzene rings is 2. The fourth-order valence-corrected chi connectivity index (χ4v) is 2.95. The van der Waals surface area contributed by atoms with Gasteiger partial charge in [-0.25, -0.2) is 4.39 Å². The molecule has 3 rings (SSSR count). The van der Waals surface area contributed by atoms with Gasteiger partial charge < -0.3 is 10.6 Å². The molecule has 1 heterocycles. The Labute approximate surface area is 154 Å². The summed E-state index contributed by atoms with van der Waals surface area (Å²) in [6.07, 6.45) is -3.86. The molecule has 2 aromatic carbocycles. The Hall–Kier alpha value is -2.12. The van der Waals surface area contributed by atoms with Crippen molar-refractivity contribution in [1.29, 1.82) is 0 Å². The van der Waals surface area contributed by atoms with E-state index in [2.05, 4.69) is 0 Å². The fourth-order valence-electron chi connectivity index (χ4n) is 2.95. The zero-order valence-electron chi connectivity index (χ0n) is 13.6. The summed E-state index contributed by atoms with van der Waals surface area (Å²) < 4.78 is 52.5. The maximum absolute atomic E-state index is 13.7. The fraction of sp³-hybridized carbons (Fsp3) is 0.278. The van der Waals surface area contributed by atoms with Crippen LogP contribution in [0.2, 0.25) is 0 Å². The van der Waals surface area contributed by atoms with Crippen molar-refractivity contribution in [3.63, 3.8) is 0 Å². The molecule has 0 unspecified atom stereocenters. The number of hydrogen-bond donors (Lipinski definition) is 1. The summed E-state index contributed by atoms with van der Waals surface area (Å²) in [5.74, 6) is -1.05. The molecule has 0 spiro atoms. The van der Waals surface area contributed by atoms with Crippen LogP contribution < -0.4 is 5.73 Å². The molecule has 1 atom stereocenters. The molecule has 26 heavy (non-hydrogen) atoms. The van der Waals surface area contributed by atoms with Gasteiger partial charge in [0.15, 0.2) is 0 Å². The van der Waals surface area contributed by atoms with Gasteiger partial charge in [0.05, 0.1) is 11.1 Å². The van der Waals surface area contributed by atoms with Gasteiger partial charge in [-0.3, -0.25) is 4.79 Å². The number of likely N-dealkylation sites (tertiary alicyclic amines) is 1. The van der Waals surface area contributed by atoms with Crippen LogP contribution in [-0.2, 0) is 6.18 Å². The number of alkyl halides is 3. The number of amides is 1. The first-order chi connectivity index (χ1) is 11.8. The first-order valence-electron chi connectivity index (χ1n) is 7.78. The minimum absolute atomic E-state index is 0. The van der Waals surface area contributed by atoms with Crippen LogP contribution >= 0.6 is 12.4 Å². The highest BCUT2D eigenvalue weighted by Gasteiger charge is 2.31. The quantitative estimate of drug-likeness (QED) is 0.787. The van der Waals surface area contributed by atoms with Gasteiger partial charge >= 0.3 is 6.18 Å². The maximum Gasteiger partial charge on any atom is 0.416 e. The van der Waals surface area contributed by atoms with Crippen molar-refractivity contribution in [1.82, 2.24) is 4.90 Å². The molecular formula is C18H17ClF4N2O. The molecule has 2 N–H and O–H groups in total. The zero-order chi connectivity index (χ0) is 18.2. The molecule has 1 aliphatic rings. The Morgan fingerprint density at radius 2 is 1.88 bits per heavy atom. The predicted molar refractivity (Wildman–Crippen MR) is 92.6 cm³/mol. The number of hydrogen-bond acceptors (Lipinski definition) is 2. The Kier molecular flexibility index (Phi) is 5.93. The van der Waals surface area contributed by atoms with E-state index in [0.717, 1.165) is 24.3 Å². The Morgan fingerprint density at radius 3 is 2.50 bits per heavy atom. The van der Waals surface area contributed by atoms with Crippen molar-refractivity contribution in [3.05, 3.63) is 59.4 Å². The zero-order valence-corrected chi connectivity index (χ0v) is 14.4. The van der Waals surface area contributed by atoms with Crippen molar-refractivity contribution in [2.45, 2.75) is 18.6 Å². The minimum Gasteiger partial charge on any atom is -0.337 e. The number of carbonyl (C=O) groups excluding carboxylic acids is 1. The van der Waals surface area contributed by atoms with Gasteiger partial charge in [0, 0.05) is 19.1 Å². The van der Waals surface area contributed by atoms with E-state index in [1.165, 1.54) is 23.1 Å². The van der Waals surface area contributed by atoms with E-state index < -0.39 is 23.5 Å². The number of nitrogens with two attached hydrogens (primary N) is 1. The van der Waals surface area contributed by atoms with Crippen LogP contribution in [-0.4, -0.2) is 29.9 Å². The molecule has 1 fully saturated rings. The van der Waals surface area contributed by atoms with Crippen LogP contribution in [0.1, 0.15) is 22.3 Å². The van der Waals surface area contributed by atoms with Gasteiger partial charge in [-0.2, -0.15) is 13.2 Å². The van der Waals surface area contributed by atoms with Crippen LogP contribution in [0.5, 0.6) is 0 Å². The third-order valence-electron chi connectivity index (χ3n) is 4.22. The first-order valence-corrected chi connectivity index (χ1v) is 7.78. The molecule has 1 aliphatic heterocycles. The van der Waals surface area contributed by atoms with Gasteiger partial charge in [0.1, 0.15) is 5.82 Å². The van der Waals surface area contributed by atoms with Crippen LogP contribution in [0.15, 0.2) is 42.5 Å². The second kappa shape index (κ2) is 7.63. The number of nitrogens with zero attached hydrogens (tertiary/aromatic N) is 1. The molecule has 8 heteroatoms. The summed E-state index contributed by atoms with van der Waals surface area (Å²) in [6.45, 7) is 0.788. The summed E-state index contributed by atoms with van der Waals surface area (Å²) in [7, 11) is 0. The van der Waals surface area contributed by atoms with Gasteiger partial charge in [-0.15, -0.1) is 12.4 Å². The average Bonchev–Trinajstić information content (AvgIpc) is 3.00. The highest BCUT2D eigenvalue weighted by atomic mass is 35.5. The van der Waals surface area contributed by atoms with E-state index >= 15 is 0 Å². The van der Waals surface area contributed by atoms with E-state index in [0.29, 0.717) is 19.5 Å². The number of carbonyl (C=O) groups is 1. The standard InChI is InChI=1S/C18H16F4N2O.ClH/c19-13-4-5-15(11-2-1-3-12(8-11)18(20,21)22)16(9-13)17(25)24-7-6-14(23)10-24;/h1-5,8-9,14H,6-7,10,23H2;1H/t14-;/m1./s1. The Morgan fingerprint density at radius 1 is 1.15 bits per heavy atom. The molecule has 3 nitrogen and oxygen atoms in total. The lowest BCUT2D eigenvalue weighted by Crippen LogP contribution is -2.32. The number of rotatable bonds is 2. The van der Waals surface area contributed by atoms with Crippen molar-refractivity contribution in [2.75, 3.05) is 13.1 Å². The molecule has 0 aromatic heterocycles. The van der Waals surface area contributed by atoms with Gasteiger partial charge in [0.25, 0.3) is 5.91 Å². The van der Waals surface area contributed by atoms with Crippen molar-refractivity contribution >= 4 is 18.3 Å². The topological polar surface area (TPSA) is 46.3 Å². The molecule has 0 aliphatic carbocycles. The molecule has 2 aromatic rings. The van der Waals surface area contributed by atoms with Crippen LogP contribution in [0.25, 0.3) is 11.1 Å². The lowest BCUT2D eigenvalue weighted by Gasteiger charge is -2.19. The second-order valence-electron chi connectivity index (χ2n) is 6.07. The third-order valence-corrected chi connectivity index (χ3v) is 4.22. The Balaban J connectivity index is 0.00000243. The molecule has 0 saturated carbocycles. The molecule has 140 valence electrons. The smallest absolute Gasteiger partial charge is 0.337 e. The SMILES string of the molecule is Cl.N[C@@H]1CCN(C(=O)c2cc(F)ccc2-c2cccc(C(F)(F)F)c2)C1. The van der Waals surface area contributed by atoms with Crippen LogP contribution in [0.4, 0.5) is 17.6 Å². The summed E-state index contributed by atoms with van der Waals surface area (Å²) >= 11 is 0. The maximum atomic E-state index is 13.7. The van der Waals surface area contributed by atoms with E-state index in [-0.39, 0.29) is 35.1 Å². The van der Waals surface area contributed by atoms with Gasteiger partial charge in [-0.05, 0) is 41.8 Å². The Bertz CT molecular complexity index is 810. The average molecular weight is 389 g/mol. The van der Waals surface area contributed by atoms with Crippen molar-refractivity contribution in [2.24, 2.45) is 5.73 Å². The van der Waals surface area contributed by atoms with E-state index in [1.807, 2.05) is 0 Å². The molecule has 1 amide bonds. The minimum atomic E-state index is -4.50. The normalized spacial score (nSPS) is 17.1. The van der Waals surface area contributed by atoms with Gasteiger partial charge in [-0.1, -0.05) is 18.2 Å². The molecular weight excluding hydrogens is 372 g/mol. The third kappa shape index (κ3) is 4.16. The van der Waals surface area contributed by atoms with Crippen LogP contribution in [0.3, 0.4) is 0 Å². The van der Waals surface area contributed by atoms with Crippen molar-refractivity contribution in [3.8, 4) is 11.1 Å². The lowest BCUT2D eigenvalue weighted by molar-refractivity contribution is -0.137. The van der Waals surface area contributed by atoms with Crippen LogP contribution in [0, 0.1) is 5.82 Å². The van der Waals surface area contributed by atoms with E-state index in [1.54, 1.807) is 0 Å². The molecule has 0 bridgehead atoms.